The first-order chi connectivity index (χ1) is 13.9. The zero-order chi connectivity index (χ0) is 20.8. The summed E-state index contributed by atoms with van der Waals surface area (Å²) >= 11 is 5.95. The third-order valence-corrected chi connectivity index (χ3v) is 4.40. The Bertz CT molecular complexity index is 983. The summed E-state index contributed by atoms with van der Waals surface area (Å²) in [5.74, 6) is 0.629. The van der Waals surface area contributed by atoms with E-state index in [1.54, 1.807) is 24.5 Å². The van der Waals surface area contributed by atoms with E-state index in [0.29, 0.717) is 17.5 Å². The van der Waals surface area contributed by atoms with E-state index in [9.17, 15) is 4.79 Å². The largest absolute Gasteiger partial charge is 0.489 e. The number of hydrogen-bond donors (Lipinski definition) is 1. The summed E-state index contributed by atoms with van der Waals surface area (Å²) in [6.07, 6.45) is 10.3. The molecule has 1 aromatic heterocycles. The molecule has 0 radical (unpaired) electrons. The van der Waals surface area contributed by atoms with Crippen LogP contribution in [0.4, 0.5) is 4.79 Å². The van der Waals surface area contributed by atoms with Gasteiger partial charge in [-0.15, -0.1) is 0 Å². The van der Waals surface area contributed by atoms with Crippen molar-refractivity contribution in [3.05, 3.63) is 83.3 Å². The van der Waals surface area contributed by atoms with Crippen LogP contribution in [0.3, 0.4) is 0 Å². The van der Waals surface area contributed by atoms with E-state index in [1.165, 1.54) is 11.2 Å². The summed E-state index contributed by atoms with van der Waals surface area (Å²) in [6.45, 7) is 6.29. The van der Waals surface area contributed by atoms with Crippen molar-refractivity contribution in [1.29, 1.82) is 0 Å². The number of amides is 2. The van der Waals surface area contributed by atoms with Crippen molar-refractivity contribution in [3.8, 4) is 11.3 Å². The minimum Gasteiger partial charge on any atom is -0.489 e. The summed E-state index contributed by atoms with van der Waals surface area (Å²) in [7, 11) is 0. The smallest absolute Gasteiger partial charge is 0.325 e. The van der Waals surface area contributed by atoms with Gasteiger partial charge in [0.2, 0.25) is 0 Å². The van der Waals surface area contributed by atoms with Crippen LogP contribution in [-0.2, 0) is 11.3 Å². The molecule has 0 saturated carbocycles. The molecule has 0 atom stereocenters. The SMILES string of the molecule is Cc1cc(-c2cc(Cl)ncn2)ccc1CNC(=O)N1C=CC=CC(OC(C)C)=C1. The molecule has 1 N–H and O–H groups in total. The lowest BCUT2D eigenvalue weighted by Gasteiger charge is -2.17. The molecule has 2 heterocycles. The maximum Gasteiger partial charge on any atom is 0.325 e. The molecular weight excluding hydrogens is 388 g/mol. The van der Waals surface area contributed by atoms with Crippen LogP contribution in [0.5, 0.6) is 0 Å². The Hall–Kier alpha value is -3.12. The number of halogens is 1. The number of aromatic nitrogens is 2. The second-order valence-electron chi connectivity index (χ2n) is 6.83. The summed E-state index contributed by atoms with van der Waals surface area (Å²) in [5.41, 5.74) is 3.77. The van der Waals surface area contributed by atoms with Crippen LogP contribution in [0.2, 0.25) is 5.15 Å². The molecule has 0 bridgehead atoms. The Morgan fingerprint density at radius 3 is 2.79 bits per heavy atom. The first-order valence-corrected chi connectivity index (χ1v) is 9.67. The molecule has 2 amide bonds. The van der Waals surface area contributed by atoms with E-state index < -0.39 is 0 Å². The number of carbonyl (C=O) groups excluding carboxylic acids is 1. The van der Waals surface area contributed by atoms with Crippen LogP contribution in [0.15, 0.2) is 67.0 Å². The molecule has 0 aliphatic carbocycles. The number of allylic oxidation sites excluding steroid dienone is 3. The first-order valence-electron chi connectivity index (χ1n) is 9.29. The van der Waals surface area contributed by atoms with E-state index in [1.807, 2.05) is 51.1 Å². The van der Waals surface area contributed by atoms with Gasteiger partial charge in [0.25, 0.3) is 0 Å². The lowest BCUT2D eigenvalue weighted by molar-refractivity contribution is 0.153. The van der Waals surface area contributed by atoms with Gasteiger partial charge in [-0.3, -0.25) is 4.90 Å². The Morgan fingerprint density at radius 2 is 2.07 bits per heavy atom. The van der Waals surface area contributed by atoms with Gasteiger partial charge in [-0.2, -0.15) is 0 Å². The molecule has 1 aliphatic rings. The maximum atomic E-state index is 12.6. The molecule has 6 nitrogen and oxygen atoms in total. The number of aryl methyl sites for hydroxylation is 1. The second kappa shape index (κ2) is 9.39. The van der Waals surface area contributed by atoms with Gasteiger partial charge in [-0.05, 0) is 50.1 Å². The van der Waals surface area contributed by atoms with Gasteiger partial charge in [0.1, 0.15) is 17.2 Å². The molecule has 29 heavy (non-hydrogen) atoms. The van der Waals surface area contributed by atoms with Crippen LogP contribution < -0.4 is 5.32 Å². The molecule has 0 fully saturated rings. The minimum atomic E-state index is -0.235. The molecule has 1 aliphatic heterocycles. The van der Waals surface area contributed by atoms with E-state index >= 15 is 0 Å². The average Bonchev–Trinajstić information content (AvgIpc) is 2.92. The third kappa shape index (κ3) is 5.68. The van der Waals surface area contributed by atoms with Crippen molar-refractivity contribution in [2.24, 2.45) is 0 Å². The van der Waals surface area contributed by atoms with Crippen LogP contribution >= 0.6 is 11.6 Å². The molecular formula is C22H23ClN4O2. The van der Waals surface area contributed by atoms with Crippen LogP contribution in [0, 0.1) is 6.92 Å². The van der Waals surface area contributed by atoms with Gasteiger partial charge in [0, 0.05) is 24.4 Å². The highest BCUT2D eigenvalue weighted by molar-refractivity contribution is 6.29. The van der Waals surface area contributed by atoms with Crippen molar-refractivity contribution >= 4 is 17.6 Å². The Kier molecular flexibility index (Phi) is 6.67. The van der Waals surface area contributed by atoms with Crippen molar-refractivity contribution in [2.75, 3.05) is 0 Å². The predicted octanol–water partition coefficient (Wildman–Crippen LogP) is 4.97. The van der Waals surface area contributed by atoms with Gasteiger partial charge in [-0.25, -0.2) is 14.8 Å². The molecule has 0 spiro atoms. The molecule has 2 aromatic rings. The number of hydrogen-bond acceptors (Lipinski definition) is 4. The quantitative estimate of drug-likeness (QED) is 0.707. The average molecular weight is 411 g/mol. The molecule has 150 valence electrons. The fourth-order valence-corrected chi connectivity index (χ4v) is 2.94. The zero-order valence-corrected chi connectivity index (χ0v) is 17.3. The number of nitrogens with zero attached hydrogens (tertiary/aromatic N) is 3. The van der Waals surface area contributed by atoms with E-state index in [2.05, 4.69) is 15.3 Å². The standard InChI is InChI=1S/C22H23ClN4O2/c1-15(2)29-19-6-4-5-9-27(13-19)22(28)24-12-18-8-7-17(10-16(18)3)20-11-21(23)26-14-25-20/h4-11,13-15H,12H2,1-3H3,(H,24,28). The monoisotopic (exact) mass is 410 g/mol. The number of urea groups is 1. The molecule has 7 heteroatoms. The molecule has 1 aromatic carbocycles. The minimum absolute atomic E-state index is 0.0276. The highest BCUT2D eigenvalue weighted by Gasteiger charge is 2.12. The second-order valence-corrected chi connectivity index (χ2v) is 7.22. The highest BCUT2D eigenvalue weighted by Crippen LogP contribution is 2.22. The molecule has 0 unspecified atom stereocenters. The summed E-state index contributed by atoms with van der Waals surface area (Å²) in [6, 6.07) is 7.44. The van der Waals surface area contributed by atoms with Crippen molar-refractivity contribution in [1.82, 2.24) is 20.2 Å². The Balaban J connectivity index is 1.67. The lowest BCUT2D eigenvalue weighted by atomic mass is 10.0. The number of benzene rings is 1. The predicted molar refractivity (Wildman–Crippen MR) is 114 cm³/mol. The number of rotatable bonds is 5. The molecule has 3 rings (SSSR count). The summed E-state index contributed by atoms with van der Waals surface area (Å²) in [5, 5.41) is 3.34. The maximum absolute atomic E-state index is 12.6. The lowest BCUT2D eigenvalue weighted by Crippen LogP contribution is -2.33. The van der Waals surface area contributed by atoms with Gasteiger partial charge >= 0.3 is 6.03 Å². The fourth-order valence-electron chi connectivity index (χ4n) is 2.79. The fraction of sp³-hybridized carbons (Fsp3) is 0.227. The van der Waals surface area contributed by atoms with Gasteiger partial charge in [0.15, 0.2) is 0 Å². The van der Waals surface area contributed by atoms with Crippen LogP contribution in [-0.4, -0.2) is 27.0 Å². The van der Waals surface area contributed by atoms with Crippen molar-refractivity contribution in [2.45, 2.75) is 33.4 Å². The number of ether oxygens (including phenoxy) is 1. The van der Waals surface area contributed by atoms with Gasteiger partial charge in [-0.1, -0.05) is 29.8 Å². The molecule has 0 saturated heterocycles. The Labute approximate surface area is 175 Å². The zero-order valence-electron chi connectivity index (χ0n) is 16.6. The highest BCUT2D eigenvalue weighted by atomic mass is 35.5. The van der Waals surface area contributed by atoms with Gasteiger partial charge < -0.3 is 10.1 Å². The number of nitrogens with one attached hydrogen (secondary N) is 1. The van der Waals surface area contributed by atoms with E-state index in [-0.39, 0.29) is 12.1 Å². The topological polar surface area (TPSA) is 67.4 Å². The van der Waals surface area contributed by atoms with E-state index in [0.717, 1.165) is 22.4 Å². The van der Waals surface area contributed by atoms with Crippen LogP contribution in [0.1, 0.15) is 25.0 Å². The van der Waals surface area contributed by atoms with Crippen molar-refractivity contribution in [3.63, 3.8) is 0 Å². The summed E-state index contributed by atoms with van der Waals surface area (Å²) < 4.78 is 5.69. The third-order valence-electron chi connectivity index (χ3n) is 4.19. The normalized spacial score (nSPS) is 13.3. The summed E-state index contributed by atoms with van der Waals surface area (Å²) in [4.78, 5) is 22.2. The number of carbonyl (C=O) groups is 1. The first kappa shape index (κ1) is 20.6. The van der Waals surface area contributed by atoms with Crippen LogP contribution in [0.25, 0.3) is 11.3 Å². The van der Waals surface area contributed by atoms with E-state index in [4.69, 9.17) is 16.3 Å². The Morgan fingerprint density at radius 1 is 1.24 bits per heavy atom. The van der Waals surface area contributed by atoms with Gasteiger partial charge in [0.05, 0.1) is 18.0 Å². The van der Waals surface area contributed by atoms with Crippen molar-refractivity contribution < 1.29 is 9.53 Å².